The molecule has 198 valence electrons. The number of aromatic hydroxyl groups is 1. The van der Waals surface area contributed by atoms with E-state index < -0.39 is 0 Å². The number of aromatic nitrogens is 3. The van der Waals surface area contributed by atoms with Gasteiger partial charge in [-0.15, -0.1) is 0 Å². The third-order valence-corrected chi connectivity index (χ3v) is 8.14. The Bertz CT molecular complexity index is 1630. The van der Waals surface area contributed by atoms with Crippen LogP contribution < -0.4 is 5.32 Å². The number of carbonyl (C=O) groups is 1. The molecule has 6 heteroatoms. The number of hydrogen-bond acceptors (Lipinski definition) is 4. The van der Waals surface area contributed by atoms with Crippen molar-refractivity contribution in [3.8, 4) is 5.75 Å². The fraction of sp³-hybridized carbons (Fsp3) is 0.303. The molecule has 1 atom stereocenters. The number of fused-ring (bicyclic) bond motifs is 3. The summed E-state index contributed by atoms with van der Waals surface area (Å²) < 4.78 is 2.28. The molecule has 0 bridgehead atoms. The number of phenols is 1. The molecule has 0 radical (unpaired) electrons. The summed E-state index contributed by atoms with van der Waals surface area (Å²) in [6.45, 7) is 5.15. The molecular weight excluding hydrogens is 484 g/mol. The summed E-state index contributed by atoms with van der Waals surface area (Å²) in [4.78, 5) is 22.9. The predicted octanol–water partition coefficient (Wildman–Crippen LogP) is 6.55. The molecule has 2 N–H and O–H groups in total. The standard InChI is InChI=1S/C33H34N4O2/c1-21-30-28-9-5-6-10-29(28)37(32(30)36-22(2)35-21)20-24-11-15-26(16-12-24)31(25-7-3-4-8-25)33(39)34-19-23-13-17-27(38)18-14-23/h5-6,9-18,25,31,38H,3-4,7-8,19-20H2,1-2H3,(H,34,39)/t31-/m0/s1. The second-order valence-corrected chi connectivity index (χ2v) is 10.8. The molecule has 0 saturated heterocycles. The maximum atomic E-state index is 13.5. The quantitative estimate of drug-likeness (QED) is 0.256. The molecule has 2 heterocycles. The summed E-state index contributed by atoms with van der Waals surface area (Å²) in [6, 6.07) is 24.0. The van der Waals surface area contributed by atoms with E-state index in [0.29, 0.717) is 19.0 Å². The number of amides is 1. The number of aryl methyl sites for hydroxylation is 2. The lowest BCUT2D eigenvalue weighted by Gasteiger charge is -2.23. The first-order chi connectivity index (χ1) is 19.0. The lowest BCUT2D eigenvalue weighted by Crippen LogP contribution is -2.32. The second kappa shape index (κ2) is 10.5. The van der Waals surface area contributed by atoms with Gasteiger partial charge < -0.3 is 15.0 Å². The van der Waals surface area contributed by atoms with Crippen LogP contribution in [0.1, 0.15) is 59.8 Å². The van der Waals surface area contributed by atoms with Crippen LogP contribution in [0, 0.1) is 19.8 Å². The average Bonchev–Trinajstić information content (AvgIpc) is 3.57. The van der Waals surface area contributed by atoms with Crippen LogP contribution in [0.4, 0.5) is 0 Å². The van der Waals surface area contributed by atoms with Crippen molar-refractivity contribution in [2.24, 2.45) is 5.92 Å². The zero-order valence-electron chi connectivity index (χ0n) is 22.5. The summed E-state index contributed by atoms with van der Waals surface area (Å²) >= 11 is 0. The van der Waals surface area contributed by atoms with E-state index in [0.717, 1.165) is 52.0 Å². The number of para-hydroxylation sites is 1. The van der Waals surface area contributed by atoms with E-state index in [9.17, 15) is 9.90 Å². The van der Waals surface area contributed by atoms with Crippen molar-refractivity contribution in [1.82, 2.24) is 19.9 Å². The van der Waals surface area contributed by atoms with Crippen molar-refractivity contribution < 1.29 is 9.90 Å². The van der Waals surface area contributed by atoms with E-state index in [1.807, 2.05) is 19.1 Å². The Morgan fingerprint density at radius 2 is 1.64 bits per heavy atom. The number of phenolic OH excluding ortho intramolecular Hbond substituents is 1. The van der Waals surface area contributed by atoms with E-state index >= 15 is 0 Å². The Kier molecular flexibility index (Phi) is 6.77. The first-order valence-electron chi connectivity index (χ1n) is 13.8. The van der Waals surface area contributed by atoms with Gasteiger partial charge in [0.25, 0.3) is 0 Å². The summed E-state index contributed by atoms with van der Waals surface area (Å²) in [5, 5.41) is 15.0. The zero-order valence-corrected chi connectivity index (χ0v) is 22.5. The van der Waals surface area contributed by atoms with Crippen molar-refractivity contribution in [3.63, 3.8) is 0 Å². The molecule has 1 aliphatic rings. The Hall–Kier alpha value is -4.19. The Labute approximate surface area is 228 Å². The van der Waals surface area contributed by atoms with Crippen molar-refractivity contribution in [2.75, 3.05) is 0 Å². The van der Waals surface area contributed by atoms with Gasteiger partial charge in [-0.3, -0.25) is 4.79 Å². The highest BCUT2D eigenvalue weighted by molar-refractivity contribution is 6.07. The van der Waals surface area contributed by atoms with Crippen LogP contribution in [0.25, 0.3) is 21.9 Å². The molecule has 1 saturated carbocycles. The predicted molar refractivity (Wildman–Crippen MR) is 155 cm³/mol. The SMILES string of the molecule is Cc1nc(C)c2c3ccccc3n(Cc3ccc([C@@H](C(=O)NCc4ccc(O)cc4)C4CCCC4)cc3)c2n1. The monoisotopic (exact) mass is 518 g/mol. The minimum atomic E-state index is -0.162. The van der Waals surface area contributed by atoms with E-state index in [4.69, 9.17) is 4.98 Å². The molecule has 1 aliphatic carbocycles. The fourth-order valence-electron chi connectivity index (χ4n) is 6.25. The molecule has 1 amide bonds. The minimum Gasteiger partial charge on any atom is -0.508 e. The second-order valence-electron chi connectivity index (χ2n) is 10.8. The van der Waals surface area contributed by atoms with Gasteiger partial charge in [-0.05, 0) is 67.5 Å². The number of rotatable bonds is 7. The highest BCUT2D eigenvalue weighted by atomic mass is 16.3. The summed E-state index contributed by atoms with van der Waals surface area (Å²) in [6.07, 6.45) is 4.52. The molecule has 2 aromatic heterocycles. The minimum absolute atomic E-state index is 0.0766. The molecule has 0 aliphatic heterocycles. The van der Waals surface area contributed by atoms with Crippen LogP contribution in [0.2, 0.25) is 0 Å². The molecule has 6 rings (SSSR count). The third kappa shape index (κ3) is 4.99. The lowest BCUT2D eigenvalue weighted by molar-refractivity contribution is -0.123. The first-order valence-corrected chi connectivity index (χ1v) is 13.8. The molecule has 1 fully saturated rings. The maximum Gasteiger partial charge on any atom is 0.228 e. The smallest absolute Gasteiger partial charge is 0.228 e. The van der Waals surface area contributed by atoms with Gasteiger partial charge in [-0.25, -0.2) is 9.97 Å². The van der Waals surface area contributed by atoms with Gasteiger partial charge in [0.2, 0.25) is 5.91 Å². The summed E-state index contributed by atoms with van der Waals surface area (Å²) in [7, 11) is 0. The first kappa shape index (κ1) is 25.1. The molecule has 39 heavy (non-hydrogen) atoms. The van der Waals surface area contributed by atoms with Crippen LogP contribution in [0.15, 0.2) is 72.8 Å². The van der Waals surface area contributed by atoms with E-state index in [2.05, 4.69) is 70.3 Å². The Morgan fingerprint density at radius 3 is 2.38 bits per heavy atom. The molecule has 0 unspecified atom stereocenters. The van der Waals surface area contributed by atoms with Gasteiger partial charge in [0.1, 0.15) is 17.2 Å². The van der Waals surface area contributed by atoms with Crippen LogP contribution in [-0.4, -0.2) is 25.5 Å². The highest BCUT2D eigenvalue weighted by Gasteiger charge is 2.32. The van der Waals surface area contributed by atoms with Crippen LogP contribution in [0.3, 0.4) is 0 Å². The van der Waals surface area contributed by atoms with Gasteiger partial charge in [-0.1, -0.05) is 67.4 Å². The van der Waals surface area contributed by atoms with Crippen molar-refractivity contribution >= 4 is 27.8 Å². The van der Waals surface area contributed by atoms with Crippen LogP contribution in [-0.2, 0) is 17.9 Å². The summed E-state index contributed by atoms with van der Waals surface area (Å²) in [5.74, 6) is 1.28. The van der Waals surface area contributed by atoms with Gasteiger partial charge in [0, 0.05) is 23.9 Å². The molecule has 5 aromatic rings. The largest absolute Gasteiger partial charge is 0.508 e. The number of nitrogens with zero attached hydrogens (tertiary/aromatic N) is 3. The van der Waals surface area contributed by atoms with Crippen LogP contribution >= 0.6 is 0 Å². The molecule has 3 aromatic carbocycles. The zero-order chi connectivity index (χ0) is 26.9. The van der Waals surface area contributed by atoms with E-state index in [1.54, 1.807) is 12.1 Å². The van der Waals surface area contributed by atoms with Gasteiger partial charge in [-0.2, -0.15) is 0 Å². The maximum absolute atomic E-state index is 13.5. The van der Waals surface area contributed by atoms with Crippen LogP contribution in [0.5, 0.6) is 5.75 Å². The summed E-state index contributed by atoms with van der Waals surface area (Å²) in [5.41, 5.74) is 6.33. The van der Waals surface area contributed by atoms with Gasteiger partial charge >= 0.3 is 0 Å². The Balaban J connectivity index is 1.27. The normalized spacial score (nSPS) is 14.7. The molecule has 6 nitrogen and oxygen atoms in total. The highest BCUT2D eigenvalue weighted by Crippen LogP contribution is 2.38. The van der Waals surface area contributed by atoms with Crippen molar-refractivity contribution in [3.05, 3.63) is 101 Å². The lowest BCUT2D eigenvalue weighted by atomic mass is 9.83. The number of hydrogen-bond donors (Lipinski definition) is 2. The van der Waals surface area contributed by atoms with Gasteiger partial charge in [0.15, 0.2) is 0 Å². The fourth-order valence-corrected chi connectivity index (χ4v) is 6.25. The number of carbonyl (C=O) groups excluding carboxylic acids is 1. The van der Waals surface area contributed by atoms with Gasteiger partial charge in [0.05, 0.1) is 17.1 Å². The van der Waals surface area contributed by atoms with Crippen molar-refractivity contribution in [1.29, 1.82) is 0 Å². The Morgan fingerprint density at radius 1 is 0.949 bits per heavy atom. The van der Waals surface area contributed by atoms with Crippen molar-refractivity contribution in [2.45, 2.75) is 58.5 Å². The molecular formula is C33H34N4O2. The number of nitrogens with one attached hydrogen (secondary N) is 1. The average molecular weight is 519 g/mol. The topological polar surface area (TPSA) is 80.0 Å². The number of benzene rings is 3. The van der Waals surface area contributed by atoms with E-state index in [1.165, 1.54) is 23.8 Å². The van der Waals surface area contributed by atoms with E-state index in [-0.39, 0.29) is 17.6 Å². The molecule has 0 spiro atoms. The third-order valence-electron chi connectivity index (χ3n) is 8.14.